The molecule has 0 aliphatic heterocycles. The summed E-state index contributed by atoms with van der Waals surface area (Å²) in [6.45, 7) is 2.74. The number of carbonyl (C=O) groups is 2. The summed E-state index contributed by atoms with van der Waals surface area (Å²) >= 11 is 0. The van der Waals surface area contributed by atoms with Gasteiger partial charge in [-0.25, -0.2) is 4.98 Å². The predicted molar refractivity (Wildman–Crippen MR) is 83.5 cm³/mol. The van der Waals surface area contributed by atoms with Crippen molar-refractivity contribution >= 4 is 34.8 Å². The number of pyridine rings is 1. The minimum Gasteiger partial charge on any atom is -0.311 e. The lowest BCUT2D eigenvalue weighted by molar-refractivity contribution is -0.115. The maximum atomic E-state index is 11.3. The van der Waals surface area contributed by atoms with Gasteiger partial charge >= 0.3 is 0 Å². The topological polar surface area (TPSA) is 95.8 Å². The summed E-state index contributed by atoms with van der Waals surface area (Å²) < 4.78 is 0. The van der Waals surface area contributed by atoms with E-state index in [4.69, 9.17) is 0 Å². The summed E-state index contributed by atoms with van der Waals surface area (Å²) in [6, 6.07) is 12.4. The minimum atomic E-state index is -0.288. The van der Waals surface area contributed by atoms with Gasteiger partial charge in [0.2, 0.25) is 11.8 Å². The average Bonchev–Trinajstić information content (AvgIpc) is 2.46. The molecule has 1 heterocycles. The molecule has 0 saturated heterocycles. The Morgan fingerprint density at radius 1 is 0.909 bits per heavy atom. The van der Waals surface area contributed by atoms with Crippen LogP contribution in [0.2, 0.25) is 0 Å². The summed E-state index contributed by atoms with van der Waals surface area (Å²) in [5.41, 5.74) is 1.08. The van der Waals surface area contributed by atoms with E-state index < -0.39 is 0 Å². The lowest BCUT2D eigenvalue weighted by Crippen LogP contribution is -2.11. The molecule has 0 spiro atoms. The van der Waals surface area contributed by atoms with Gasteiger partial charge in [-0.1, -0.05) is 18.2 Å². The molecule has 22 heavy (non-hydrogen) atoms. The number of anilines is 2. The molecule has 0 fully saturated rings. The molecule has 0 saturated carbocycles. The fourth-order valence-corrected chi connectivity index (χ4v) is 1.65. The molecule has 2 aromatic rings. The Bertz CT molecular complexity index is 713. The first kappa shape index (κ1) is 15.3. The van der Waals surface area contributed by atoms with Crippen molar-refractivity contribution in [3.05, 3.63) is 42.5 Å². The predicted octanol–water partition coefficient (Wildman–Crippen LogP) is 3.41. The number of hydrogen-bond donors (Lipinski definition) is 2. The third kappa shape index (κ3) is 4.48. The van der Waals surface area contributed by atoms with Gasteiger partial charge < -0.3 is 10.6 Å². The summed E-state index contributed by atoms with van der Waals surface area (Å²) in [7, 11) is 0. The van der Waals surface area contributed by atoms with Crippen LogP contribution in [-0.4, -0.2) is 16.8 Å². The molecule has 1 aromatic heterocycles. The number of azo groups is 1. The lowest BCUT2D eigenvalue weighted by Gasteiger charge is -2.07. The van der Waals surface area contributed by atoms with Crippen LogP contribution in [0.15, 0.2) is 52.7 Å². The SMILES string of the molecule is CC(=O)Nc1ccc(N=Nc2ccccc2)c(NC(C)=O)n1. The van der Waals surface area contributed by atoms with Gasteiger partial charge in [-0.05, 0) is 24.3 Å². The standard InChI is InChI=1S/C15H15N5O2/c1-10(21)16-14-9-8-13(15(18-14)17-11(2)22)20-19-12-6-4-3-5-7-12/h3-9H,1-2H3,(H2,16,17,18,21,22). The van der Waals surface area contributed by atoms with E-state index >= 15 is 0 Å². The van der Waals surface area contributed by atoms with Crippen molar-refractivity contribution in [2.75, 3.05) is 10.6 Å². The normalized spacial score (nSPS) is 10.5. The van der Waals surface area contributed by atoms with E-state index in [0.29, 0.717) is 17.2 Å². The number of nitrogens with one attached hydrogen (secondary N) is 2. The quantitative estimate of drug-likeness (QED) is 0.846. The van der Waals surface area contributed by atoms with Crippen LogP contribution in [0.5, 0.6) is 0 Å². The molecule has 112 valence electrons. The van der Waals surface area contributed by atoms with Gasteiger partial charge in [0.1, 0.15) is 11.5 Å². The largest absolute Gasteiger partial charge is 0.311 e. The zero-order chi connectivity index (χ0) is 15.9. The van der Waals surface area contributed by atoms with E-state index in [1.807, 2.05) is 18.2 Å². The van der Waals surface area contributed by atoms with Gasteiger partial charge in [0.25, 0.3) is 0 Å². The summed E-state index contributed by atoms with van der Waals surface area (Å²) in [4.78, 5) is 26.5. The fourth-order valence-electron chi connectivity index (χ4n) is 1.65. The zero-order valence-corrected chi connectivity index (χ0v) is 12.2. The number of benzene rings is 1. The summed E-state index contributed by atoms with van der Waals surface area (Å²) in [6.07, 6.45) is 0. The number of carbonyl (C=O) groups excluding carboxylic acids is 2. The molecule has 0 aliphatic rings. The maximum absolute atomic E-state index is 11.3. The number of hydrogen-bond acceptors (Lipinski definition) is 5. The van der Waals surface area contributed by atoms with E-state index in [2.05, 4.69) is 25.8 Å². The van der Waals surface area contributed by atoms with Crippen LogP contribution < -0.4 is 10.6 Å². The van der Waals surface area contributed by atoms with E-state index in [0.717, 1.165) is 0 Å². The van der Waals surface area contributed by atoms with E-state index in [-0.39, 0.29) is 17.6 Å². The summed E-state index contributed by atoms with van der Waals surface area (Å²) in [5, 5.41) is 13.3. The average molecular weight is 297 g/mol. The van der Waals surface area contributed by atoms with Crippen molar-refractivity contribution in [3.63, 3.8) is 0 Å². The van der Waals surface area contributed by atoms with Gasteiger partial charge in [0.05, 0.1) is 5.69 Å². The molecule has 0 atom stereocenters. The van der Waals surface area contributed by atoms with Crippen LogP contribution in [0, 0.1) is 0 Å². The van der Waals surface area contributed by atoms with Crippen molar-refractivity contribution in [3.8, 4) is 0 Å². The van der Waals surface area contributed by atoms with Crippen molar-refractivity contribution in [2.24, 2.45) is 10.2 Å². The first-order valence-electron chi connectivity index (χ1n) is 6.57. The fraction of sp³-hybridized carbons (Fsp3) is 0.133. The molecule has 7 nitrogen and oxygen atoms in total. The second kappa shape index (κ2) is 7.07. The highest BCUT2D eigenvalue weighted by molar-refractivity contribution is 5.92. The van der Waals surface area contributed by atoms with E-state index in [1.54, 1.807) is 24.3 Å². The second-order valence-corrected chi connectivity index (χ2v) is 4.46. The Morgan fingerprint density at radius 3 is 2.23 bits per heavy atom. The number of rotatable bonds is 4. The van der Waals surface area contributed by atoms with Crippen molar-refractivity contribution in [1.82, 2.24) is 4.98 Å². The number of aromatic nitrogens is 1. The Labute approximate surface area is 127 Å². The smallest absolute Gasteiger partial charge is 0.222 e. The Balaban J connectivity index is 2.30. The Hall–Kier alpha value is -3.09. The highest BCUT2D eigenvalue weighted by atomic mass is 16.2. The third-order valence-corrected chi connectivity index (χ3v) is 2.50. The van der Waals surface area contributed by atoms with Crippen molar-refractivity contribution < 1.29 is 9.59 Å². The van der Waals surface area contributed by atoms with E-state index in [9.17, 15) is 9.59 Å². The van der Waals surface area contributed by atoms with E-state index in [1.165, 1.54) is 13.8 Å². The van der Waals surface area contributed by atoms with Crippen molar-refractivity contribution in [1.29, 1.82) is 0 Å². The monoisotopic (exact) mass is 297 g/mol. The van der Waals surface area contributed by atoms with Gasteiger partial charge in [0.15, 0.2) is 5.82 Å². The van der Waals surface area contributed by atoms with Crippen LogP contribution in [0.4, 0.5) is 23.0 Å². The van der Waals surface area contributed by atoms with Crippen LogP contribution >= 0.6 is 0 Å². The molecule has 0 bridgehead atoms. The maximum Gasteiger partial charge on any atom is 0.222 e. The van der Waals surface area contributed by atoms with Gasteiger partial charge in [-0.2, -0.15) is 5.11 Å². The second-order valence-electron chi connectivity index (χ2n) is 4.46. The molecule has 0 aliphatic carbocycles. The molecule has 2 rings (SSSR count). The van der Waals surface area contributed by atoms with Crippen molar-refractivity contribution in [2.45, 2.75) is 13.8 Å². The van der Waals surface area contributed by atoms with Crippen LogP contribution in [0.1, 0.15) is 13.8 Å². The third-order valence-electron chi connectivity index (χ3n) is 2.50. The Morgan fingerprint density at radius 2 is 1.59 bits per heavy atom. The molecular weight excluding hydrogens is 282 g/mol. The first-order chi connectivity index (χ1) is 10.5. The molecule has 1 aromatic carbocycles. The molecule has 0 unspecified atom stereocenters. The number of nitrogens with zero attached hydrogens (tertiary/aromatic N) is 3. The van der Waals surface area contributed by atoms with Gasteiger partial charge in [-0.3, -0.25) is 9.59 Å². The highest BCUT2D eigenvalue weighted by Crippen LogP contribution is 2.27. The van der Waals surface area contributed by atoms with Gasteiger partial charge in [0, 0.05) is 13.8 Å². The zero-order valence-electron chi connectivity index (χ0n) is 12.2. The van der Waals surface area contributed by atoms with Gasteiger partial charge in [-0.15, -0.1) is 5.11 Å². The highest BCUT2D eigenvalue weighted by Gasteiger charge is 2.08. The minimum absolute atomic E-state index is 0.235. The van der Waals surface area contributed by atoms with Crippen LogP contribution in [-0.2, 0) is 9.59 Å². The molecular formula is C15H15N5O2. The molecule has 2 N–H and O–H groups in total. The molecule has 2 amide bonds. The van der Waals surface area contributed by atoms with Crippen LogP contribution in [0.25, 0.3) is 0 Å². The lowest BCUT2D eigenvalue weighted by atomic mass is 10.3. The first-order valence-corrected chi connectivity index (χ1v) is 6.57. The number of amides is 2. The summed E-state index contributed by atoms with van der Waals surface area (Å²) in [5.74, 6) is 0.0249. The molecule has 0 radical (unpaired) electrons. The van der Waals surface area contributed by atoms with Crippen LogP contribution in [0.3, 0.4) is 0 Å². The Kier molecular flexibility index (Phi) is 4.92. The molecule has 7 heteroatoms.